The van der Waals surface area contributed by atoms with Gasteiger partial charge in [0, 0.05) is 16.3 Å². The Morgan fingerprint density at radius 1 is 1.25 bits per heavy atom. The van der Waals surface area contributed by atoms with Crippen LogP contribution in [0.4, 0.5) is 0 Å². The normalized spacial score (nSPS) is 12.6. The molecule has 16 heavy (non-hydrogen) atoms. The van der Waals surface area contributed by atoms with Crippen LogP contribution in [0.5, 0.6) is 0 Å². The lowest BCUT2D eigenvalue weighted by molar-refractivity contribution is 0.0919. The minimum absolute atomic E-state index is 0.00321. The number of hydrogen-bond acceptors (Lipinski definition) is 3. The monoisotopic (exact) mass is 240 g/mol. The van der Waals surface area contributed by atoms with Crippen LogP contribution in [-0.2, 0) is 5.41 Å². The molecule has 90 valence electrons. The van der Waals surface area contributed by atoms with E-state index >= 15 is 0 Å². The van der Waals surface area contributed by atoms with Gasteiger partial charge in [-0.05, 0) is 20.8 Å². The fourth-order valence-corrected chi connectivity index (χ4v) is 2.06. The fourth-order valence-electron chi connectivity index (χ4n) is 1.12. The largest absolute Gasteiger partial charge is 0.345 e. The molecule has 0 unspecified atom stereocenters. The summed E-state index contributed by atoms with van der Waals surface area (Å²) in [6.45, 7) is 12.2. The summed E-state index contributed by atoms with van der Waals surface area (Å²) in [4.78, 5) is 16.2. The van der Waals surface area contributed by atoms with Crippen molar-refractivity contribution in [2.24, 2.45) is 0 Å². The molecule has 0 aromatic carbocycles. The first-order valence-electron chi connectivity index (χ1n) is 5.38. The quantitative estimate of drug-likeness (QED) is 0.820. The molecule has 0 spiro atoms. The van der Waals surface area contributed by atoms with Crippen LogP contribution in [0.1, 0.15) is 57.0 Å². The van der Waals surface area contributed by atoms with Crippen molar-refractivity contribution in [3.8, 4) is 0 Å². The number of nitrogens with zero attached hydrogens (tertiary/aromatic N) is 1. The van der Waals surface area contributed by atoms with Gasteiger partial charge in [-0.1, -0.05) is 20.8 Å². The second kappa shape index (κ2) is 4.17. The topological polar surface area (TPSA) is 42.0 Å². The zero-order valence-corrected chi connectivity index (χ0v) is 11.7. The highest BCUT2D eigenvalue weighted by atomic mass is 32.1. The van der Waals surface area contributed by atoms with Gasteiger partial charge in [0.25, 0.3) is 5.91 Å². The molecule has 1 aromatic heterocycles. The number of amides is 1. The van der Waals surface area contributed by atoms with Crippen molar-refractivity contribution in [1.82, 2.24) is 10.3 Å². The van der Waals surface area contributed by atoms with Crippen LogP contribution in [0.3, 0.4) is 0 Å². The predicted octanol–water partition coefficient (Wildman–Crippen LogP) is 2.97. The summed E-state index contributed by atoms with van der Waals surface area (Å²) in [5.74, 6) is -0.0898. The molecule has 0 aliphatic rings. The molecule has 0 saturated carbocycles. The van der Waals surface area contributed by atoms with Crippen LogP contribution in [0.15, 0.2) is 5.38 Å². The Morgan fingerprint density at radius 3 is 2.19 bits per heavy atom. The molecule has 1 N–H and O–H groups in total. The van der Waals surface area contributed by atoms with E-state index in [2.05, 4.69) is 31.1 Å². The van der Waals surface area contributed by atoms with Gasteiger partial charge < -0.3 is 5.32 Å². The van der Waals surface area contributed by atoms with E-state index in [1.165, 1.54) is 11.3 Å². The molecule has 1 amide bonds. The SMILES string of the molecule is CC(C)(C)NC(=O)c1nc(C(C)(C)C)cs1. The van der Waals surface area contributed by atoms with Crippen molar-refractivity contribution in [3.63, 3.8) is 0 Å². The number of thiazole rings is 1. The van der Waals surface area contributed by atoms with Crippen LogP contribution in [0.2, 0.25) is 0 Å². The number of carbonyl (C=O) groups excluding carboxylic acids is 1. The van der Waals surface area contributed by atoms with Crippen molar-refractivity contribution in [2.45, 2.75) is 52.5 Å². The van der Waals surface area contributed by atoms with Gasteiger partial charge in [0.1, 0.15) is 0 Å². The summed E-state index contributed by atoms with van der Waals surface area (Å²) in [6, 6.07) is 0. The summed E-state index contributed by atoms with van der Waals surface area (Å²) in [6.07, 6.45) is 0. The van der Waals surface area contributed by atoms with Crippen molar-refractivity contribution in [2.75, 3.05) is 0 Å². The zero-order valence-electron chi connectivity index (χ0n) is 10.8. The minimum atomic E-state index is -0.218. The van der Waals surface area contributed by atoms with Crippen molar-refractivity contribution in [1.29, 1.82) is 0 Å². The molecule has 0 aliphatic carbocycles. The van der Waals surface area contributed by atoms with E-state index in [0.717, 1.165) is 5.69 Å². The Morgan fingerprint density at radius 2 is 1.81 bits per heavy atom. The minimum Gasteiger partial charge on any atom is -0.345 e. The van der Waals surface area contributed by atoms with Crippen LogP contribution < -0.4 is 5.32 Å². The molecule has 0 fully saturated rings. The Labute approximate surface area is 101 Å². The molecule has 3 nitrogen and oxygen atoms in total. The van der Waals surface area contributed by atoms with E-state index in [-0.39, 0.29) is 16.9 Å². The lowest BCUT2D eigenvalue weighted by atomic mass is 9.93. The lowest BCUT2D eigenvalue weighted by Gasteiger charge is -2.19. The van der Waals surface area contributed by atoms with Gasteiger partial charge >= 0.3 is 0 Å². The summed E-state index contributed by atoms with van der Waals surface area (Å²) in [5, 5.41) is 5.41. The van der Waals surface area contributed by atoms with Crippen molar-refractivity contribution < 1.29 is 4.79 Å². The van der Waals surface area contributed by atoms with Gasteiger partial charge in [-0.15, -0.1) is 11.3 Å². The van der Waals surface area contributed by atoms with Gasteiger partial charge in [-0.2, -0.15) is 0 Å². The third-order valence-corrected chi connectivity index (χ3v) is 2.80. The molecular weight excluding hydrogens is 220 g/mol. The van der Waals surface area contributed by atoms with Gasteiger partial charge in [-0.25, -0.2) is 4.98 Å². The van der Waals surface area contributed by atoms with E-state index in [0.29, 0.717) is 5.01 Å². The molecule has 0 atom stereocenters. The number of rotatable bonds is 1. The maximum absolute atomic E-state index is 11.8. The van der Waals surface area contributed by atoms with Crippen LogP contribution in [-0.4, -0.2) is 16.4 Å². The van der Waals surface area contributed by atoms with Crippen molar-refractivity contribution in [3.05, 3.63) is 16.1 Å². The molecule has 1 aromatic rings. The van der Waals surface area contributed by atoms with Gasteiger partial charge in [-0.3, -0.25) is 4.79 Å². The van der Waals surface area contributed by atoms with E-state index in [1.54, 1.807) is 0 Å². The summed E-state index contributed by atoms with van der Waals surface area (Å²) < 4.78 is 0. The molecule has 0 aliphatic heterocycles. The first-order chi connectivity index (χ1) is 7.09. The van der Waals surface area contributed by atoms with Gasteiger partial charge in [0.05, 0.1) is 5.69 Å². The third-order valence-electron chi connectivity index (χ3n) is 1.96. The first kappa shape index (κ1) is 13.2. The Bertz CT molecular complexity index is 382. The second-order valence-corrected chi connectivity index (χ2v) is 6.85. The standard InChI is InChI=1S/C12H20N2OS/c1-11(2,3)8-7-16-10(13-8)9(15)14-12(4,5)6/h7H,1-6H3,(H,14,15). The number of hydrogen-bond donors (Lipinski definition) is 1. The fraction of sp³-hybridized carbons (Fsp3) is 0.667. The van der Waals surface area contributed by atoms with E-state index in [4.69, 9.17) is 0 Å². The number of aromatic nitrogens is 1. The Balaban J connectivity index is 2.83. The highest BCUT2D eigenvalue weighted by Gasteiger charge is 2.22. The maximum Gasteiger partial charge on any atom is 0.280 e. The van der Waals surface area contributed by atoms with Crippen molar-refractivity contribution >= 4 is 17.2 Å². The van der Waals surface area contributed by atoms with E-state index < -0.39 is 0 Å². The van der Waals surface area contributed by atoms with E-state index in [1.807, 2.05) is 26.2 Å². The van der Waals surface area contributed by atoms with Crippen LogP contribution in [0, 0.1) is 0 Å². The molecular formula is C12H20N2OS. The average Bonchev–Trinajstić information content (AvgIpc) is 2.46. The Hall–Kier alpha value is -0.900. The first-order valence-corrected chi connectivity index (χ1v) is 6.26. The smallest absolute Gasteiger partial charge is 0.280 e. The molecule has 0 bridgehead atoms. The Kier molecular flexibility index (Phi) is 3.43. The summed E-state index contributed by atoms with van der Waals surface area (Å²) >= 11 is 1.40. The summed E-state index contributed by atoms with van der Waals surface area (Å²) in [5.41, 5.74) is 0.748. The zero-order chi connectivity index (χ0) is 12.6. The van der Waals surface area contributed by atoms with Gasteiger partial charge in [0.15, 0.2) is 5.01 Å². The highest BCUT2D eigenvalue weighted by Crippen LogP contribution is 2.23. The molecule has 1 heterocycles. The number of carbonyl (C=O) groups is 1. The van der Waals surface area contributed by atoms with Gasteiger partial charge in [0.2, 0.25) is 0 Å². The molecule has 0 saturated heterocycles. The molecule has 4 heteroatoms. The molecule has 0 radical (unpaired) electrons. The molecule has 1 rings (SSSR count). The average molecular weight is 240 g/mol. The third kappa shape index (κ3) is 3.59. The number of nitrogens with one attached hydrogen (secondary N) is 1. The van der Waals surface area contributed by atoms with Crippen LogP contribution >= 0.6 is 11.3 Å². The maximum atomic E-state index is 11.8. The second-order valence-electron chi connectivity index (χ2n) is 5.99. The summed E-state index contributed by atoms with van der Waals surface area (Å²) in [7, 11) is 0. The lowest BCUT2D eigenvalue weighted by Crippen LogP contribution is -2.40. The predicted molar refractivity (Wildman–Crippen MR) is 68.0 cm³/mol. The van der Waals surface area contributed by atoms with E-state index in [9.17, 15) is 4.79 Å². The van der Waals surface area contributed by atoms with Crippen LogP contribution in [0.25, 0.3) is 0 Å². The highest BCUT2D eigenvalue weighted by molar-refractivity contribution is 7.11.